The molecule has 0 fully saturated rings. The fourth-order valence-electron chi connectivity index (χ4n) is 1.03. The molecule has 0 aliphatic heterocycles. The van der Waals surface area contributed by atoms with Crippen molar-refractivity contribution in [2.24, 2.45) is 0 Å². The predicted molar refractivity (Wildman–Crippen MR) is 44.1 cm³/mol. The Morgan fingerprint density at radius 1 is 1.50 bits per heavy atom. The van der Waals surface area contributed by atoms with Crippen LogP contribution in [0.4, 0.5) is 0 Å². The number of carboxylic acid groups (broad SMARTS) is 1. The van der Waals surface area contributed by atoms with Gasteiger partial charge in [-0.2, -0.15) is 0 Å². The molecule has 0 radical (unpaired) electrons. The molecule has 0 saturated heterocycles. The number of carbonyl (C=O) groups is 1. The maximum absolute atomic E-state index is 10.3. The van der Waals surface area contributed by atoms with Crippen LogP contribution < -0.4 is 0 Å². The van der Waals surface area contributed by atoms with Crippen LogP contribution in [0, 0.1) is 0 Å². The Kier molecular flexibility index (Phi) is 4.87. The van der Waals surface area contributed by atoms with Crippen molar-refractivity contribution in [1.29, 1.82) is 0 Å². The molecule has 0 unspecified atom stereocenters. The second kappa shape index (κ2) is 4.83. The second-order valence-electron chi connectivity index (χ2n) is 2.28. The first-order valence-electron chi connectivity index (χ1n) is 3.23. The van der Waals surface area contributed by atoms with E-state index in [1.165, 1.54) is 0 Å². The van der Waals surface area contributed by atoms with Crippen molar-refractivity contribution in [1.82, 2.24) is 0 Å². The van der Waals surface area contributed by atoms with E-state index in [9.17, 15) is 4.79 Å². The van der Waals surface area contributed by atoms with E-state index >= 15 is 0 Å². The van der Waals surface area contributed by atoms with Gasteiger partial charge in [-0.3, -0.25) is 0 Å². The zero-order chi connectivity index (χ0) is 6.69. The summed E-state index contributed by atoms with van der Waals surface area (Å²) < 4.78 is 0. The minimum absolute atomic E-state index is 0. The maximum atomic E-state index is 10.3. The first-order chi connectivity index (χ1) is 4.30. The molecule has 0 bridgehead atoms. The van der Waals surface area contributed by atoms with E-state index in [0.717, 1.165) is 25.7 Å². The molecule has 3 heteroatoms. The van der Waals surface area contributed by atoms with Crippen LogP contribution in [0.5, 0.6) is 0 Å². The summed E-state index contributed by atoms with van der Waals surface area (Å²) >= 11 is 0. The minimum atomic E-state index is -0.741. The van der Waals surface area contributed by atoms with E-state index in [0.29, 0.717) is 5.57 Å². The predicted octanol–water partition coefficient (Wildman–Crippen LogP) is 0.388. The van der Waals surface area contributed by atoms with Gasteiger partial charge in [-0.05, 0) is 25.7 Å². The van der Waals surface area contributed by atoms with Gasteiger partial charge in [-0.15, -0.1) is 0 Å². The Bertz CT molecular complexity index is 152. The molecule has 0 aromatic rings. The fraction of sp³-hybridized carbons (Fsp3) is 0.571. The van der Waals surface area contributed by atoms with Crippen LogP contribution in [0.15, 0.2) is 11.6 Å². The number of aliphatic carboxylic acids is 1. The van der Waals surface area contributed by atoms with Crippen LogP contribution >= 0.6 is 0 Å². The Labute approximate surface area is 79.1 Å². The monoisotopic (exact) mass is 244 g/mol. The van der Waals surface area contributed by atoms with Crippen molar-refractivity contribution in [3.63, 3.8) is 0 Å². The van der Waals surface area contributed by atoms with Crippen molar-refractivity contribution in [3.8, 4) is 0 Å². The standard InChI is InChI=1S/C7H10O2.In.3H/c8-7(9)6-4-2-1-3-5-6;;;;/h4H,1-3,5H2,(H,8,9);;;;. The number of carboxylic acids is 1. The third-order valence-electron chi connectivity index (χ3n) is 1.57. The average Bonchev–Trinajstić information content (AvgIpc) is 1.90. The average molecular weight is 244 g/mol. The molecule has 0 aromatic heterocycles. The fourth-order valence-corrected chi connectivity index (χ4v) is 1.03. The second-order valence-corrected chi connectivity index (χ2v) is 2.28. The molecule has 2 nitrogen and oxygen atoms in total. The topological polar surface area (TPSA) is 37.3 Å². The van der Waals surface area contributed by atoms with Crippen LogP contribution in [0.2, 0.25) is 0 Å². The molecular weight excluding hydrogens is 231 g/mol. The Balaban J connectivity index is 0.000000810. The normalized spacial score (nSPS) is 17.0. The van der Waals surface area contributed by atoms with Gasteiger partial charge < -0.3 is 5.11 Å². The van der Waals surface area contributed by atoms with Gasteiger partial charge in [0.05, 0.1) is 0 Å². The Morgan fingerprint density at radius 3 is 2.50 bits per heavy atom. The molecule has 1 aliphatic rings. The van der Waals surface area contributed by atoms with Crippen molar-refractivity contribution in [2.75, 3.05) is 0 Å². The molecule has 0 spiro atoms. The van der Waals surface area contributed by atoms with Gasteiger partial charge in [0, 0.05) is 5.57 Å². The SMILES string of the molecule is O=C(O)C1=CCCCC1.[InH3]. The molecule has 0 aromatic carbocycles. The van der Waals surface area contributed by atoms with Crippen LogP contribution in [0.25, 0.3) is 0 Å². The summed E-state index contributed by atoms with van der Waals surface area (Å²) in [4.78, 5) is 10.3. The van der Waals surface area contributed by atoms with Gasteiger partial charge in [-0.25, -0.2) is 4.79 Å². The van der Waals surface area contributed by atoms with E-state index in [1.54, 1.807) is 0 Å². The summed E-state index contributed by atoms with van der Waals surface area (Å²) in [6, 6.07) is 0. The Hall–Kier alpha value is 0.0801. The number of allylic oxidation sites excluding steroid dienone is 1. The van der Waals surface area contributed by atoms with E-state index in [-0.39, 0.29) is 25.8 Å². The van der Waals surface area contributed by atoms with Crippen LogP contribution in [0.3, 0.4) is 0 Å². The number of rotatable bonds is 1. The molecule has 1 aliphatic carbocycles. The quantitative estimate of drug-likeness (QED) is 0.724. The van der Waals surface area contributed by atoms with Gasteiger partial charge in [-0.1, -0.05) is 6.08 Å². The van der Waals surface area contributed by atoms with Crippen molar-refractivity contribution >= 4 is 31.8 Å². The molecule has 0 amide bonds. The molecule has 0 heterocycles. The van der Waals surface area contributed by atoms with Crippen molar-refractivity contribution in [2.45, 2.75) is 25.7 Å². The molecule has 56 valence electrons. The third-order valence-corrected chi connectivity index (χ3v) is 1.57. The van der Waals surface area contributed by atoms with Crippen LogP contribution in [0.1, 0.15) is 25.7 Å². The van der Waals surface area contributed by atoms with Gasteiger partial charge in [0.25, 0.3) is 0 Å². The van der Waals surface area contributed by atoms with Crippen molar-refractivity contribution in [3.05, 3.63) is 11.6 Å². The van der Waals surface area contributed by atoms with Crippen molar-refractivity contribution < 1.29 is 9.90 Å². The molecule has 1 N–H and O–H groups in total. The summed E-state index contributed by atoms with van der Waals surface area (Å²) in [7, 11) is 0. The van der Waals surface area contributed by atoms with Gasteiger partial charge in [0.15, 0.2) is 0 Å². The van der Waals surface area contributed by atoms with E-state index in [4.69, 9.17) is 5.11 Å². The zero-order valence-electron chi connectivity index (χ0n) is 5.26. The van der Waals surface area contributed by atoms with E-state index in [2.05, 4.69) is 0 Å². The first kappa shape index (κ1) is 10.1. The summed E-state index contributed by atoms with van der Waals surface area (Å²) in [5.74, 6) is -0.741. The van der Waals surface area contributed by atoms with E-state index < -0.39 is 5.97 Å². The molecular formula is C7H13InO2. The molecule has 0 atom stereocenters. The molecule has 1 rings (SSSR count). The Morgan fingerprint density at radius 2 is 2.20 bits per heavy atom. The van der Waals surface area contributed by atoms with Gasteiger partial charge >= 0.3 is 31.8 Å². The molecule has 0 saturated carbocycles. The number of hydrogen-bond donors (Lipinski definition) is 1. The summed E-state index contributed by atoms with van der Waals surface area (Å²) in [5, 5.41) is 8.47. The van der Waals surface area contributed by atoms with Crippen LogP contribution in [-0.2, 0) is 4.79 Å². The third kappa shape index (κ3) is 2.78. The summed E-state index contributed by atoms with van der Waals surface area (Å²) in [6.07, 6.45) is 5.72. The zero-order valence-corrected chi connectivity index (χ0v) is 5.26. The van der Waals surface area contributed by atoms with Crippen LogP contribution in [-0.4, -0.2) is 36.9 Å². The van der Waals surface area contributed by atoms with Gasteiger partial charge in [0.1, 0.15) is 0 Å². The first-order valence-corrected chi connectivity index (χ1v) is 3.23. The molecule has 10 heavy (non-hydrogen) atoms. The van der Waals surface area contributed by atoms with E-state index in [1.807, 2.05) is 6.08 Å². The number of hydrogen-bond acceptors (Lipinski definition) is 1. The summed E-state index contributed by atoms with van der Waals surface area (Å²) in [6.45, 7) is 0. The van der Waals surface area contributed by atoms with Gasteiger partial charge in [0.2, 0.25) is 0 Å². The summed E-state index contributed by atoms with van der Waals surface area (Å²) in [5.41, 5.74) is 0.598.